The van der Waals surface area contributed by atoms with Crippen molar-refractivity contribution in [1.82, 2.24) is 0 Å². The van der Waals surface area contributed by atoms with E-state index >= 15 is 0 Å². The van der Waals surface area contributed by atoms with E-state index in [9.17, 15) is 0 Å². The molecule has 0 N–H and O–H groups in total. The molecule has 0 saturated carbocycles. The summed E-state index contributed by atoms with van der Waals surface area (Å²) < 4.78 is 0. The van der Waals surface area contributed by atoms with E-state index in [-0.39, 0.29) is 32.7 Å². The minimum Gasteiger partial charge on any atom is -0.161 e. The van der Waals surface area contributed by atoms with Crippen molar-refractivity contribution >= 4 is 64.2 Å². The Bertz CT molecular complexity index is 172. The Balaban J connectivity index is 0.00000289. The zero-order valence-electron chi connectivity index (χ0n) is 11.1. The van der Waals surface area contributed by atoms with Crippen molar-refractivity contribution in [3.8, 4) is 0 Å². The third-order valence-electron chi connectivity index (χ3n) is 2.42. The third-order valence-corrected chi connectivity index (χ3v) is 10.7. The molecule has 0 bridgehead atoms. The maximum atomic E-state index is 2.95. The second-order valence-electron chi connectivity index (χ2n) is 4.27. The predicted molar refractivity (Wildman–Crippen MR) is 100 cm³/mol. The Morgan fingerprint density at radius 1 is 0.833 bits per heavy atom. The average Bonchev–Trinajstić information content (AvgIpc) is 2.34. The molecule has 1 aliphatic heterocycles. The van der Waals surface area contributed by atoms with Gasteiger partial charge in [0.05, 0.1) is 0 Å². The summed E-state index contributed by atoms with van der Waals surface area (Å²) in [7, 11) is 4.00. The van der Waals surface area contributed by atoms with Crippen LogP contribution < -0.4 is 0 Å². The molecule has 18 heavy (non-hydrogen) atoms. The van der Waals surface area contributed by atoms with Gasteiger partial charge in [0, 0.05) is 67.2 Å². The van der Waals surface area contributed by atoms with Crippen molar-refractivity contribution in [1.29, 1.82) is 0 Å². The molecule has 1 aliphatic rings. The van der Waals surface area contributed by atoms with Crippen LogP contribution in [0.3, 0.4) is 0 Å². The van der Waals surface area contributed by atoms with Crippen molar-refractivity contribution in [2.45, 2.75) is 12.6 Å². The zero-order chi connectivity index (χ0) is 12.3. The minimum absolute atomic E-state index is 0. The fraction of sp³-hybridized carbons (Fsp3) is 1.00. The molecule has 2 unspecified atom stereocenters. The van der Waals surface area contributed by atoms with Gasteiger partial charge < -0.3 is 0 Å². The molecule has 1 fully saturated rings. The summed E-state index contributed by atoms with van der Waals surface area (Å²) in [6.45, 7) is 2.40. The van der Waals surface area contributed by atoms with E-state index in [0.717, 1.165) is 19.8 Å². The fourth-order valence-corrected chi connectivity index (χ4v) is 9.35. The molecule has 0 nitrogen and oxygen atoms in total. The van der Waals surface area contributed by atoms with Gasteiger partial charge in [0.1, 0.15) is 0 Å². The van der Waals surface area contributed by atoms with E-state index in [1.165, 1.54) is 46.0 Å². The molecule has 1 rings (SSSR count). The summed E-state index contributed by atoms with van der Waals surface area (Å²) >= 11 is 8.64. The van der Waals surface area contributed by atoms with Gasteiger partial charge in [0.15, 0.2) is 0 Å². The van der Waals surface area contributed by atoms with E-state index in [1.807, 2.05) is 0 Å². The van der Waals surface area contributed by atoms with Gasteiger partial charge in [-0.2, -0.15) is 47.0 Å². The van der Waals surface area contributed by atoms with Crippen LogP contribution in [0.4, 0.5) is 0 Å². The Kier molecular flexibility index (Phi) is 18.1. The molecule has 1 radical (unpaired) electrons. The van der Waals surface area contributed by atoms with Crippen LogP contribution in [-0.2, 0) is 32.7 Å². The largest absolute Gasteiger partial charge is 0.161 e. The summed E-state index contributed by atoms with van der Waals surface area (Å²) in [5.74, 6) is 11.7. The molecule has 1 saturated heterocycles. The first-order chi connectivity index (χ1) is 8.33. The first-order valence-electron chi connectivity index (χ1n) is 6.10. The van der Waals surface area contributed by atoms with E-state index in [4.69, 9.17) is 0 Å². The third kappa shape index (κ3) is 12.0. The average molecular weight is 435 g/mol. The van der Waals surface area contributed by atoms with Crippen LogP contribution in [0, 0.1) is 5.92 Å². The topological polar surface area (TPSA) is 0 Å². The van der Waals surface area contributed by atoms with Crippen molar-refractivity contribution in [3.05, 3.63) is 0 Å². The standard InChI is InChI=1S/C11H24P2S4.Y/c1-10-6-14-2-4-16-8-11(13-12)9-17-5-3-15-7-10;/h10-11,13H,2-9,12H2,1H3;. The molecule has 0 aromatic carbocycles. The maximum absolute atomic E-state index is 2.95. The van der Waals surface area contributed by atoms with Gasteiger partial charge in [0.2, 0.25) is 0 Å². The zero-order valence-corrected chi connectivity index (χ0v) is 19.4. The summed E-state index contributed by atoms with van der Waals surface area (Å²) in [5, 5.41) is 0. The van der Waals surface area contributed by atoms with Crippen LogP contribution in [-0.4, -0.2) is 51.7 Å². The first kappa shape index (κ1) is 21.4. The molecule has 0 spiro atoms. The van der Waals surface area contributed by atoms with Gasteiger partial charge in [-0.3, -0.25) is 0 Å². The van der Waals surface area contributed by atoms with Crippen molar-refractivity contribution in [3.63, 3.8) is 0 Å². The Labute approximate surface area is 159 Å². The van der Waals surface area contributed by atoms with E-state index in [1.54, 1.807) is 0 Å². The minimum atomic E-state index is 0. The predicted octanol–water partition coefficient (Wildman–Crippen LogP) is 4.40. The van der Waals surface area contributed by atoms with Gasteiger partial charge in [-0.15, -0.1) is 8.93 Å². The second kappa shape index (κ2) is 15.3. The van der Waals surface area contributed by atoms with Crippen LogP contribution in [0.2, 0.25) is 0 Å². The van der Waals surface area contributed by atoms with Crippen LogP contribution in [0.1, 0.15) is 6.92 Å². The second-order valence-corrected chi connectivity index (χ2v) is 11.0. The number of rotatable bonds is 1. The molecule has 0 aromatic rings. The molecule has 0 aromatic heterocycles. The molecular weight excluding hydrogens is 411 g/mol. The Hall–Kier alpha value is 3.36. The van der Waals surface area contributed by atoms with Gasteiger partial charge in [-0.1, -0.05) is 15.2 Å². The summed E-state index contributed by atoms with van der Waals surface area (Å²) in [4.78, 5) is 0. The summed E-state index contributed by atoms with van der Waals surface area (Å²) in [6.07, 6.45) is 0. The van der Waals surface area contributed by atoms with Crippen molar-refractivity contribution in [2.24, 2.45) is 5.92 Å². The van der Waals surface area contributed by atoms with Gasteiger partial charge >= 0.3 is 0 Å². The van der Waals surface area contributed by atoms with Crippen LogP contribution in [0.15, 0.2) is 0 Å². The van der Waals surface area contributed by atoms with Crippen molar-refractivity contribution < 1.29 is 32.7 Å². The fourth-order valence-electron chi connectivity index (χ4n) is 1.45. The number of thioether (sulfide) groups is 4. The Morgan fingerprint density at radius 2 is 1.22 bits per heavy atom. The molecule has 1 heterocycles. The first-order valence-corrected chi connectivity index (χ1v) is 13.6. The SMILES string of the molecule is CC1CSCCSCC(PP)CSCCSC1.[Y]. The molecule has 0 amide bonds. The number of hydrogen-bond acceptors (Lipinski definition) is 4. The molecule has 7 heteroatoms. The van der Waals surface area contributed by atoms with E-state index in [0.29, 0.717) is 0 Å². The monoisotopic (exact) mass is 435 g/mol. The summed E-state index contributed by atoms with van der Waals surface area (Å²) in [6, 6.07) is 0. The van der Waals surface area contributed by atoms with Crippen LogP contribution >= 0.6 is 64.2 Å². The summed E-state index contributed by atoms with van der Waals surface area (Å²) in [5.41, 5.74) is 0.937. The van der Waals surface area contributed by atoms with Crippen LogP contribution in [0.5, 0.6) is 0 Å². The van der Waals surface area contributed by atoms with Crippen molar-refractivity contribution in [2.75, 3.05) is 46.0 Å². The van der Waals surface area contributed by atoms with Gasteiger partial charge in [-0.05, 0) is 23.1 Å². The molecule has 2 atom stereocenters. The van der Waals surface area contributed by atoms with E-state index < -0.39 is 0 Å². The quantitative estimate of drug-likeness (QED) is 0.560. The van der Waals surface area contributed by atoms with Gasteiger partial charge in [-0.25, -0.2) is 0 Å². The molecular formula is C11H24P2S4Y. The number of hydrogen-bond donors (Lipinski definition) is 0. The normalized spacial score (nSPS) is 29.7. The molecule has 0 aliphatic carbocycles. The maximum Gasteiger partial charge on any atom is 0.00238 e. The van der Waals surface area contributed by atoms with E-state index in [2.05, 4.69) is 62.9 Å². The molecule has 105 valence electrons. The smallest absolute Gasteiger partial charge is 0.00238 e. The van der Waals surface area contributed by atoms with Crippen LogP contribution in [0.25, 0.3) is 0 Å². The van der Waals surface area contributed by atoms with Gasteiger partial charge in [0.25, 0.3) is 0 Å². The Morgan fingerprint density at radius 3 is 1.61 bits per heavy atom.